The topological polar surface area (TPSA) is 12.9 Å². The molecule has 0 spiro atoms. The van der Waals surface area contributed by atoms with Crippen LogP contribution in [-0.2, 0) is 0 Å². The molecule has 0 saturated carbocycles. The van der Waals surface area contributed by atoms with Gasteiger partial charge in [-0.15, -0.1) is 0 Å². The zero-order valence-electron chi connectivity index (χ0n) is 8.73. The van der Waals surface area contributed by atoms with Crippen molar-refractivity contribution in [3.63, 3.8) is 0 Å². The van der Waals surface area contributed by atoms with Crippen molar-refractivity contribution >= 4 is 6.08 Å². The average molecular weight is 212 g/mol. The predicted octanol–water partition coefficient (Wildman–Crippen LogP) is 3.89. The lowest BCUT2D eigenvalue weighted by Crippen LogP contribution is -1.79. The Morgan fingerprint density at radius 2 is 1.88 bits per heavy atom. The highest BCUT2D eigenvalue weighted by atomic mass is 19.1. The highest BCUT2D eigenvalue weighted by Crippen LogP contribution is 2.19. The average Bonchev–Trinajstić information content (AvgIpc) is 2.30. The maximum atomic E-state index is 12.6. The van der Waals surface area contributed by atoms with Crippen molar-refractivity contribution < 1.29 is 4.39 Å². The second-order valence-electron chi connectivity index (χ2n) is 3.45. The molecule has 2 rings (SSSR count). The molecule has 1 aromatic heterocycles. The van der Waals surface area contributed by atoms with Crippen LogP contribution in [0.2, 0.25) is 0 Å². The minimum absolute atomic E-state index is 0.436. The Bertz CT molecular complexity index is 482. The van der Waals surface area contributed by atoms with E-state index in [4.69, 9.17) is 0 Å². The lowest BCUT2D eigenvalue weighted by Gasteiger charge is -2.01. The van der Waals surface area contributed by atoms with Crippen molar-refractivity contribution in [3.05, 3.63) is 67.1 Å². The van der Waals surface area contributed by atoms with Crippen LogP contribution in [0.25, 0.3) is 17.2 Å². The fourth-order valence-corrected chi connectivity index (χ4v) is 1.49. The summed E-state index contributed by atoms with van der Waals surface area (Å²) in [5, 5.41) is 0. The third-order valence-corrected chi connectivity index (χ3v) is 2.23. The molecule has 1 nitrogen and oxygen atoms in total. The molecule has 0 bridgehead atoms. The summed E-state index contributed by atoms with van der Waals surface area (Å²) in [6, 6.07) is 11.5. The molecule has 0 N–H and O–H groups in total. The standard InChI is InChI=1S/C14H11FN/c1-11(15)9-12-4-6-13(7-5-12)14-3-2-8-16-10-14/h2-10H,1H2/b11-9+. The Labute approximate surface area is 94.3 Å². The Morgan fingerprint density at radius 1 is 1.12 bits per heavy atom. The summed E-state index contributed by atoms with van der Waals surface area (Å²) >= 11 is 0. The number of halogens is 1. The molecule has 0 unspecified atom stereocenters. The zero-order chi connectivity index (χ0) is 11.4. The number of nitrogens with zero attached hydrogens (tertiary/aromatic N) is 1. The van der Waals surface area contributed by atoms with Crippen LogP contribution < -0.4 is 0 Å². The molecular weight excluding hydrogens is 201 g/mol. The Balaban J connectivity index is 2.30. The molecule has 16 heavy (non-hydrogen) atoms. The molecule has 79 valence electrons. The molecule has 0 saturated heterocycles. The molecule has 0 fully saturated rings. The number of pyridine rings is 1. The molecule has 2 heteroatoms. The van der Waals surface area contributed by atoms with Crippen LogP contribution in [0.3, 0.4) is 0 Å². The number of benzene rings is 1. The zero-order valence-corrected chi connectivity index (χ0v) is 8.73. The van der Waals surface area contributed by atoms with E-state index in [0.29, 0.717) is 0 Å². The minimum Gasteiger partial charge on any atom is -0.264 e. The Kier molecular flexibility index (Phi) is 3.10. The van der Waals surface area contributed by atoms with Crippen molar-refractivity contribution in [3.8, 4) is 11.1 Å². The summed E-state index contributed by atoms with van der Waals surface area (Å²) in [6.45, 7) is 3.20. The highest BCUT2D eigenvalue weighted by molar-refractivity contribution is 5.65. The van der Waals surface area contributed by atoms with Crippen LogP contribution in [0.4, 0.5) is 4.39 Å². The molecule has 1 aromatic carbocycles. The van der Waals surface area contributed by atoms with Gasteiger partial charge in [0.1, 0.15) is 5.83 Å². The summed E-state index contributed by atoms with van der Waals surface area (Å²) in [5.41, 5.74) is 2.92. The molecular formula is C14H11FN. The maximum Gasteiger partial charge on any atom is 0.101 e. The largest absolute Gasteiger partial charge is 0.264 e. The van der Waals surface area contributed by atoms with Gasteiger partial charge in [-0.1, -0.05) is 30.3 Å². The van der Waals surface area contributed by atoms with E-state index in [0.717, 1.165) is 16.7 Å². The lowest BCUT2D eigenvalue weighted by molar-refractivity contribution is 0.673. The fourth-order valence-electron chi connectivity index (χ4n) is 1.49. The molecule has 0 aliphatic heterocycles. The van der Waals surface area contributed by atoms with E-state index in [1.165, 1.54) is 6.08 Å². The SMILES string of the molecule is [CH2]/C(F)=C\c1ccc(-c2cccnc2)cc1. The van der Waals surface area contributed by atoms with Gasteiger partial charge in [0.2, 0.25) is 0 Å². The van der Waals surface area contributed by atoms with Crippen LogP contribution >= 0.6 is 0 Å². The normalized spacial score (nSPS) is 11.5. The first-order chi connectivity index (χ1) is 7.75. The third kappa shape index (κ3) is 2.54. The molecule has 1 radical (unpaired) electrons. The van der Waals surface area contributed by atoms with Crippen molar-refractivity contribution in [1.82, 2.24) is 4.98 Å². The van der Waals surface area contributed by atoms with E-state index in [-0.39, 0.29) is 0 Å². The van der Waals surface area contributed by atoms with Crippen molar-refractivity contribution in [2.75, 3.05) is 0 Å². The van der Waals surface area contributed by atoms with E-state index in [2.05, 4.69) is 11.9 Å². The quantitative estimate of drug-likeness (QED) is 0.735. The second-order valence-corrected chi connectivity index (χ2v) is 3.45. The highest BCUT2D eigenvalue weighted by Gasteiger charge is 1.96. The van der Waals surface area contributed by atoms with E-state index in [9.17, 15) is 4.39 Å². The minimum atomic E-state index is -0.436. The molecule has 0 aliphatic rings. The molecule has 2 aromatic rings. The van der Waals surface area contributed by atoms with Crippen LogP contribution in [0.15, 0.2) is 54.6 Å². The lowest BCUT2D eigenvalue weighted by atomic mass is 10.1. The molecule has 1 heterocycles. The Hall–Kier alpha value is -1.96. The number of hydrogen-bond donors (Lipinski definition) is 0. The Morgan fingerprint density at radius 3 is 2.44 bits per heavy atom. The van der Waals surface area contributed by atoms with Crippen molar-refractivity contribution in [2.24, 2.45) is 0 Å². The van der Waals surface area contributed by atoms with Crippen LogP contribution in [-0.4, -0.2) is 4.98 Å². The van der Waals surface area contributed by atoms with Crippen LogP contribution in [0.1, 0.15) is 5.56 Å². The van der Waals surface area contributed by atoms with Gasteiger partial charge in [-0.3, -0.25) is 4.98 Å². The summed E-state index contributed by atoms with van der Waals surface area (Å²) in [4.78, 5) is 4.05. The summed E-state index contributed by atoms with van der Waals surface area (Å²) < 4.78 is 12.6. The van der Waals surface area contributed by atoms with Gasteiger partial charge in [-0.25, -0.2) is 4.39 Å². The van der Waals surface area contributed by atoms with Crippen LogP contribution in [0.5, 0.6) is 0 Å². The molecule has 0 atom stereocenters. The first-order valence-corrected chi connectivity index (χ1v) is 4.95. The predicted molar refractivity (Wildman–Crippen MR) is 64.1 cm³/mol. The number of hydrogen-bond acceptors (Lipinski definition) is 1. The number of aromatic nitrogens is 1. The van der Waals surface area contributed by atoms with Gasteiger partial charge in [-0.2, -0.15) is 0 Å². The monoisotopic (exact) mass is 212 g/mol. The first-order valence-electron chi connectivity index (χ1n) is 4.95. The van der Waals surface area contributed by atoms with Gasteiger partial charge < -0.3 is 0 Å². The van der Waals surface area contributed by atoms with E-state index < -0.39 is 5.83 Å². The van der Waals surface area contributed by atoms with Gasteiger partial charge in [0.05, 0.1) is 0 Å². The third-order valence-electron chi connectivity index (χ3n) is 2.23. The summed E-state index contributed by atoms with van der Waals surface area (Å²) in [7, 11) is 0. The second kappa shape index (κ2) is 4.71. The smallest absolute Gasteiger partial charge is 0.101 e. The fraction of sp³-hybridized carbons (Fsp3) is 0. The van der Waals surface area contributed by atoms with E-state index in [1.54, 1.807) is 12.4 Å². The van der Waals surface area contributed by atoms with Crippen molar-refractivity contribution in [1.29, 1.82) is 0 Å². The number of rotatable bonds is 2. The van der Waals surface area contributed by atoms with Gasteiger partial charge >= 0.3 is 0 Å². The molecule has 0 amide bonds. The van der Waals surface area contributed by atoms with E-state index in [1.807, 2.05) is 36.4 Å². The molecule has 0 aliphatic carbocycles. The maximum absolute atomic E-state index is 12.6. The van der Waals surface area contributed by atoms with Crippen LogP contribution in [0, 0.1) is 6.92 Å². The van der Waals surface area contributed by atoms with Gasteiger partial charge in [0, 0.05) is 19.3 Å². The van der Waals surface area contributed by atoms with E-state index >= 15 is 0 Å². The summed E-state index contributed by atoms with van der Waals surface area (Å²) in [5.74, 6) is -0.436. The number of allylic oxidation sites excluding steroid dienone is 1. The summed E-state index contributed by atoms with van der Waals surface area (Å²) in [6.07, 6.45) is 4.93. The first kappa shape index (κ1) is 10.6. The van der Waals surface area contributed by atoms with Gasteiger partial charge in [-0.05, 0) is 28.8 Å². The van der Waals surface area contributed by atoms with Gasteiger partial charge in [0.15, 0.2) is 0 Å². The van der Waals surface area contributed by atoms with Crippen molar-refractivity contribution in [2.45, 2.75) is 0 Å². The van der Waals surface area contributed by atoms with Gasteiger partial charge in [0.25, 0.3) is 0 Å².